The number of nitrogens with one attached hydrogen (secondary N) is 1. The van der Waals surface area contributed by atoms with Gasteiger partial charge in [-0.3, -0.25) is 9.36 Å². The Bertz CT molecular complexity index is 679. The van der Waals surface area contributed by atoms with Crippen molar-refractivity contribution >= 4 is 11.7 Å². The van der Waals surface area contributed by atoms with Crippen LogP contribution in [-0.2, 0) is 19.0 Å². The lowest BCUT2D eigenvalue weighted by Gasteiger charge is -2.28. The zero-order valence-corrected chi connectivity index (χ0v) is 15.7. The molecular weight excluding hydrogens is 342 g/mol. The van der Waals surface area contributed by atoms with Gasteiger partial charge < -0.3 is 24.6 Å². The zero-order chi connectivity index (χ0) is 19.4. The molecule has 0 aromatic carbocycles. The summed E-state index contributed by atoms with van der Waals surface area (Å²) >= 11 is 0. The number of ether oxygens (including phenoxy) is 3. The predicted molar refractivity (Wildman–Crippen MR) is 93.8 cm³/mol. The molecule has 1 aliphatic rings. The van der Waals surface area contributed by atoms with Crippen LogP contribution in [0.3, 0.4) is 0 Å². The highest BCUT2D eigenvalue weighted by Crippen LogP contribution is 2.33. The van der Waals surface area contributed by atoms with Gasteiger partial charge in [-0.15, -0.1) is 0 Å². The first kappa shape index (κ1) is 20.5. The number of rotatable bonds is 7. The number of aliphatic hydroxyl groups excluding tert-OH is 1. The van der Waals surface area contributed by atoms with Gasteiger partial charge in [-0.25, -0.2) is 4.79 Å². The molecule has 146 valence electrons. The highest BCUT2D eigenvalue weighted by Gasteiger charge is 2.46. The quantitative estimate of drug-likeness (QED) is 0.727. The van der Waals surface area contributed by atoms with Crippen LogP contribution in [0.2, 0.25) is 0 Å². The summed E-state index contributed by atoms with van der Waals surface area (Å²) < 4.78 is 18.3. The van der Waals surface area contributed by atoms with Gasteiger partial charge >= 0.3 is 5.69 Å². The lowest BCUT2D eigenvalue weighted by molar-refractivity contribution is -0.129. The van der Waals surface area contributed by atoms with Gasteiger partial charge in [0.25, 0.3) is 0 Å². The molecule has 2 rings (SSSR count). The van der Waals surface area contributed by atoms with Gasteiger partial charge in [-0.1, -0.05) is 6.92 Å². The SMILES string of the molecule is CC[C@H]1O[C@@H](n2ccc(NC(C)=O)nc2=O)[C@@H](O[C@H](C)[C@H](C)OC)C1O. The number of anilines is 1. The fourth-order valence-corrected chi connectivity index (χ4v) is 2.83. The summed E-state index contributed by atoms with van der Waals surface area (Å²) in [5, 5.41) is 13.0. The van der Waals surface area contributed by atoms with Crippen LogP contribution >= 0.6 is 0 Å². The van der Waals surface area contributed by atoms with E-state index in [0.29, 0.717) is 6.42 Å². The van der Waals surface area contributed by atoms with Crippen LogP contribution in [0.4, 0.5) is 5.82 Å². The summed E-state index contributed by atoms with van der Waals surface area (Å²) in [5.74, 6) is -0.167. The van der Waals surface area contributed by atoms with E-state index in [4.69, 9.17) is 14.2 Å². The number of hydrogen-bond donors (Lipinski definition) is 2. The van der Waals surface area contributed by atoms with E-state index >= 15 is 0 Å². The van der Waals surface area contributed by atoms with Crippen molar-refractivity contribution in [1.82, 2.24) is 9.55 Å². The third-order valence-electron chi connectivity index (χ3n) is 4.53. The first-order valence-corrected chi connectivity index (χ1v) is 8.67. The van der Waals surface area contributed by atoms with E-state index in [1.165, 1.54) is 23.8 Å². The van der Waals surface area contributed by atoms with Crippen LogP contribution in [0.25, 0.3) is 0 Å². The minimum atomic E-state index is -0.890. The van der Waals surface area contributed by atoms with Crippen molar-refractivity contribution in [1.29, 1.82) is 0 Å². The van der Waals surface area contributed by atoms with Gasteiger partial charge in [0.05, 0.1) is 18.3 Å². The molecule has 0 saturated carbocycles. The van der Waals surface area contributed by atoms with Crippen molar-refractivity contribution < 1.29 is 24.1 Å². The molecule has 1 aromatic rings. The first-order valence-electron chi connectivity index (χ1n) is 8.67. The molecule has 9 heteroatoms. The number of aliphatic hydroxyl groups is 1. The van der Waals surface area contributed by atoms with Crippen molar-refractivity contribution in [2.45, 2.75) is 70.9 Å². The smallest absolute Gasteiger partial charge is 0.351 e. The number of amides is 1. The molecule has 2 N–H and O–H groups in total. The summed E-state index contributed by atoms with van der Waals surface area (Å²) in [6.07, 6.45) is -1.40. The summed E-state index contributed by atoms with van der Waals surface area (Å²) in [4.78, 5) is 27.3. The van der Waals surface area contributed by atoms with Crippen LogP contribution in [0.5, 0.6) is 0 Å². The van der Waals surface area contributed by atoms with E-state index in [0.717, 1.165) is 0 Å². The molecule has 26 heavy (non-hydrogen) atoms. The van der Waals surface area contributed by atoms with Crippen molar-refractivity contribution in [3.05, 3.63) is 22.7 Å². The number of carbonyl (C=O) groups is 1. The van der Waals surface area contributed by atoms with E-state index in [1.807, 2.05) is 20.8 Å². The van der Waals surface area contributed by atoms with E-state index in [-0.39, 0.29) is 23.9 Å². The Hall–Kier alpha value is -1.81. The second-order valence-corrected chi connectivity index (χ2v) is 6.39. The summed E-state index contributed by atoms with van der Waals surface area (Å²) in [6.45, 7) is 6.90. The lowest BCUT2D eigenvalue weighted by Crippen LogP contribution is -2.41. The minimum absolute atomic E-state index is 0.156. The predicted octanol–water partition coefficient (Wildman–Crippen LogP) is 0.679. The number of nitrogens with zero attached hydrogens (tertiary/aromatic N) is 2. The first-order chi connectivity index (χ1) is 12.3. The molecule has 0 bridgehead atoms. The van der Waals surface area contributed by atoms with Crippen molar-refractivity contribution in [3.8, 4) is 0 Å². The maximum Gasteiger partial charge on any atom is 0.351 e. The molecule has 0 radical (unpaired) electrons. The highest BCUT2D eigenvalue weighted by molar-refractivity contribution is 5.87. The van der Waals surface area contributed by atoms with Crippen molar-refractivity contribution in [2.75, 3.05) is 12.4 Å². The molecule has 0 spiro atoms. The van der Waals surface area contributed by atoms with Gasteiger partial charge in [0.1, 0.15) is 18.0 Å². The Morgan fingerprint density at radius 1 is 1.46 bits per heavy atom. The second kappa shape index (κ2) is 8.72. The monoisotopic (exact) mass is 369 g/mol. The fourth-order valence-electron chi connectivity index (χ4n) is 2.83. The third-order valence-corrected chi connectivity index (χ3v) is 4.53. The molecule has 1 saturated heterocycles. The van der Waals surface area contributed by atoms with Gasteiger partial charge in [-0.2, -0.15) is 4.98 Å². The topological polar surface area (TPSA) is 112 Å². The van der Waals surface area contributed by atoms with E-state index in [2.05, 4.69) is 10.3 Å². The molecule has 0 aliphatic carbocycles. The molecule has 9 nitrogen and oxygen atoms in total. The summed E-state index contributed by atoms with van der Waals surface area (Å²) in [7, 11) is 1.58. The van der Waals surface area contributed by atoms with Crippen molar-refractivity contribution in [2.24, 2.45) is 0 Å². The highest BCUT2D eigenvalue weighted by atomic mass is 16.6. The second-order valence-electron chi connectivity index (χ2n) is 6.39. The van der Waals surface area contributed by atoms with Gasteiger partial charge in [0.2, 0.25) is 5.91 Å². The van der Waals surface area contributed by atoms with Gasteiger partial charge in [0.15, 0.2) is 6.23 Å². The van der Waals surface area contributed by atoms with E-state index in [9.17, 15) is 14.7 Å². The molecule has 1 amide bonds. The van der Waals surface area contributed by atoms with Crippen molar-refractivity contribution in [3.63, 3.8) is 0 Å². The molecular formula is C17H27N3O6. The number of methoxy groups -OCH3 is 1. The maximum absolute atomic E-state index is 12.4. The maximum atomic E-state index is 12.4. The lowest BCUT2D eigenvalue weighted by atomic mass is 10.1. The standard InChI is InChI=1S/C17H27N3O6/c1-6-12-14(22)15(25-10(3)9(2)24-5)16(26-12)20-8-7-13(18-11(4)21)19-17(20)23/h7-10,12,14-16,22H,6H2,1-5H3,(H,18,19,21,23)/t9-,10+,12+,14?,15-,16+/m0/s1. The van der Waals surface area contributed by atoms with Crippen LogP contribution in [0, 0.1) is 0 Å². The van der Waals surface area contributed by atoms with Gasteiger partial charge in [0, 0.05) is 20.2 Å². The van der Waals surface area contributed by atoms with E-state index < -0.39 is 30.2 Å². The fraction of sp³-hybridized carbons (Fsp3) is 0.706. The summed E-state index contributed by atoms with van der Waals surface area (Å²) in [6, 6.07) is 1.50. The molecule has 1 aliphatic heterocycles. The zero-order valence-electron chi connectivity index (χ0n) is 15.7. The average Bonchev–Trinajstić information content (AvgIpc) is 2.89. The molecule has 1 unspecified atom stereocenters. The normalized spacial score (nSPS) is 27.9. The number of carbonyl (C=O) groups excluding carboxylic acids is 1. The Labute approximate surface area is 152 Å². The third kappa shape index (κ3) is 4.47. The molecule has 2 heterocycles. The molecule has 1 aromatic heterocycles. The van der Waals surface area contributed by atoms with E-state index in [1.54, 1.807) is 7.11 Å². The van der Waals surface area contributed by atoms with Gasteiger partial charge in [-0.05, 0) is 26.3 Å². The number of hydrogen-bond acceptors (Lipinski definition) is 7. The van der Waals surface area contributed by atoms with Crippen LogP contribution in [0.1, 0.15) is 40.3 Å². The van der Waals surface area contributed by atoms with Crippen LogP contribution < -0.4 is 11.0 Å². The Morgan fingerprint density at radius 3 is 2.69 bits per heavy atom. The number of aromatic nitrogens is 2. The average molecular weight is 369 g/mol. The van der Waals surface area contributed by atoms with Crippen LogP contribution in [-0.4, -0.2) is 58.2 Å². The minimum Gasteiger partial charge on any atom is -0.388 e. The summed E-state index contributed by atoms with van der Waals surface area (Å²) in [5.41, 5.74) is -0.605. The Balaban J connectivity index is 2.29. The largest absolute Gasteiger partial charge is 0.388 e. The molecule has 1 fully saturated rings. The Kier molecular flexibility index (Phi) is 6.87. The Morgan fingerprint density at radius 2 is 2.15 bits per heavy atom. The molecule has 6 atom stereocenters. The van der Waals surface area contributed by atoms with Crippen LogP contribution in [0.15, 0.2) is 17.1 Å².